The number of nitrogens with two attached hydrogens (primary N) is 2. The van der Waals surface area contributed by atoms with Crippen molar-refractivity contribution in [2.75, 3.05) is 20.1 Å². The van der Waals surface area contributed by atoms with Crippen LogP contribution >= 0.6 is 0 Å². The summed E-state index contributed by atoms with van der Waals surface area (Å²) in [5.74, 6) is -4.98. The number of hydrogen-bond acceptors (Lipinski definition) is 10. The van der Waals surface area contributed by atoms with Gasteiger partial charge in [0.2, 0.25) is 29.5 Å². The Morgan fingerprint density at radius 1 is 0.794 bits per heavy atom. The summed E-state index contributed by atoms with van der Waals surface area (Å²) < 4.78 is 0. The molecule has 1 heterocycles. The van der Waals surface area contributed by atoms with Gasteiger partial charge >= 0.3 is 0 Å². The molecule has 368 valence electrons. The summed E-state index contributed by atoms with van der Waals surface area (Å²) in [5, 5.41) is 11.2. The van der Waals surface area contributed by atoms with E-state index in [4.69, 9.17) is 11.5 Å². The molecule has 8 N–H and O–H groups in total. The molecule has 2 aliphatic rings. The van der Waals surface area contributed by atoms with Crippen LogP contribution in [0.25, 0.3) is 5.57 Å². The topological polar surface area (TPSA) is 265 Å². The van der Waals surface area contributed by atoms with Crippen LogP contribution in [0.3, 0.4) is 0 Å². The van der Waals surface area contributed by atoms with Crippen LogP contribution in [-0.2, 0) is 51.2 Å². The minimum absolute atomic E-state index is 0.0114. The highest BCUT2D eigenvalue weighted by Crippen LogP contribution is 2.34. The van der Waals surface area contributed by atoms with Crippen LogP contribution in [0, 0.1) is 11.8 Å². The van der Waals surface area contributed by atoms with Crippen LogP contribution in [0.4, 0.5) is 0 Å². The van der Waals surface area contributed by atoms with Gasteiger partial charge in [-0.3, -0.25) is 48.3 Å². The van der Waals surface area contributed by atoms with Crippen molar-refractivity contribution in [3.63, 3.8) is 0 Å². The Kier molecular flexibility index (Phi) is 21.3. The third-order valence-electron chi connectivity index (χ3n) is 12.6. The molecule has 0 saturated carbocycles. The summed E-state index contributed by atoms with van der Waals surface area (Å²) >= 11 is 0. The van der Waals surface area contributed by atoms with Crippen molar-refractivity contribution in [2.45, 2.75) is 142 Å². The maximum atomic E-state index is 14.6. The third-order valence-corrected chi connectivity index (χ3v) is 12.6. The first-order chi connectivity index (χ1) is 32.3. The monoisotopic (exact) mass is 938 g/mol. The second-order valence-electron chi connectivity index (χ2n) is 18.2. The number of likely N-dealkylation sites (N-methyl/N-ethyl adjacent to an activating group) is 1. The van der Waals surface area contributed by atoms with Gasteiger partial charge in [0.15, 0.2) is 11.6 Å². The van der Waals surface area contributed by atoms with E-state index in [1.807, 2.05) is 60.7 Å². The lowest BCUT2D eigenvalue weighted by molar-refractivity contribution is -0.142. The molecule has 0 spiro atoms. The van der Waals surface area contributed by atoms with E-state index in [0.717, 1.165) is 22.3 Å². The Morgan fingerprint density at radius 3 is 2.10 bits per heavy atom. The Balaban J connectivity index is 1.76. The highest BCUT2D eigenvalue weighted by atomic mass is 16.2. The standard InChI is InChI=1S/C51H71N9O8/c1-31-48(65)59-45(27-36-15-8-7-9-16-36)47(64)29-39(18-13-25-54-33(3)52)46(63)30-40(28-38-24-23-37-17-10-11-19-41(37)38)49(66)57-42(32(2)61)20-12-21-44(51(68)60(31)6)58-50(67)43(56-35(5)62)22-14-26-55-34(4)53/h7-11,15-17,19,24,31,39-40,42-45H,12-14,18,20-23,25-30H2,1-6H3,(H2,52,54)(H2,53,55)(H,56,62)(H,57,66)(H,58,67)(H,59,65). The van der Waals surface area contributed by atoms with E-state index in [-0.39, 0.29) is 69.4 Å². The highest BCUT2D eigenvalue weighted by Gasteiger charge is 2.36. The van der Waals surface area contributed by atoms with E-state index in [9.17, 15) is 38.4 Å². The molecule has 4 rings (SSSR count). The summed E-state index contributed by atoms with van der Waals surface area (Å²) in [6, 6.07) is 11.4. The lowest BCUT2D eigenvalue weighted by atomic mass is 9.83. The molecule has 0 radical (unpaired) electrons. The minimum Gasteiger partial charge on any atom is -0.388 e. The first kappa shape index (κ1) is 54.1. The number of hydrogen-bond donors (Lipinski definition) is 6. The molecule has 17 nitrogen and oxygen atoms in total. The SMILES string of the molecule is CC(=O)NC(CCCN=C(C)N)C(=O)NC1CCCC(C(C)=O)NC(=O)C(CC2=CCc3ccccc32)CC(=O)C(CCCN=C(C)N)CC(=O)C(Cc2ccccc2)NC(=O)C(C)N(C)C1=O. The number of amidine groups is 2. The fraction of sp³-hybridized carbons (Fsp3) is 0.529. The maximum Gasteiger partial charge on any atom is 0.245 e. The zero-order chi connectivity index (χ0) is 49.9. The van der Waals surface area contributed by atoms with Crippen LogP contribution in [0.5, 0.6) is 0 Å². The van der Waals surface area contributed by atoms with Gasteiger partial charge in [0.05, 0.1) is 23.8 Å². The Morgan fingerprint density at radius 2 is 1.44 bits per heavy atom. The van der Waals surface area contributed by atoms with Crippen LogP contribution in [0.1, 0.15) is 116 Å². The Labute approximate surface area is 400 Å². The molecule has 5 amide bonds. The van der Waals surface area contributed by atoms with E-state index < -0.39 is 77.4 Å². The van der Waals surface area contributed by atoms with E-state index in [1.165, 1.54) is 32.7 Å². The van der Waals surface area contributed by atoms with Crippen molar-refractivity contribution in [3.8, 4) is 0 Å². The molecule has 2 aromatic rings. The maximum absolute atomic E-state index is 14.6. The predicted molar refractivity (Wildman–Crippen MR) is 262 cm³/mol. The molecular formula is C51H71N9O8. The van der Waals surface area contributed by atoms with E-state index in [0.29, 0.717) is 44.0 Å². The molecular weight excluding hydrogens is 867 g/mol. The Bertz CT molecular complexity index is 2220. The lowest BCUT2D eigenvalue weighted by Gasteiger charge is -2.31. The number of amides is 5. The van der Waals surface area contributed by atoms with E-state index in [2.05, 4.69) is 31.3 Å². The lowest BCUT2D eigenvalue weighted by Crippen LogP contribution is -2.57. The van der Waals surface area contributed by atoms with Gasteiger partial charge < -0.3 is 37.6 Å². The van der Waals surface area contributed by atoms with E-state index in [1.54, 1.807) is 13.8 Å². The summed E-state index contributed by atoms with van der Waals surface area (Å²) in [6.07, 6.45) is 4.01. The molecule has 1 aliphatic carbocycles. The van der Waals surface area contributed by atoms with Crippen LogP contribution in [0.2, 0.25) is 0 Å². The molecule has 7 atom stereocenters. The highest BCUT2D eigenvalue weighted by molar-refractivity contribution is 5.98. The van der Waals surface area contributed by atoms with Crippen molar-refractivity contribution in [3.05, 3.63) is 77.4 Å². The van der Waals surface area contributed by atoms with Gasteiger partial charge in [0.25, 0.3) is 0 Å². The Hall–Kier alpha value is -6.52. The first-order valence-electron chi connectivity index (χ1n) is 23.7. The van der Waals surface area contributed by atoms with Gasteiger partial charge in [-0.2, -0.15) is 0 Å². The number of nitrogens with one attached hydrogen (secondary N) is 4. The molecule has 1 fully saturated rings. The molecule has 68 heavy (non-hydrogen) atoms. The summed E-state index contributed by atoms with van der Waals surface area (Å²) in [4.78, 5) is 121. The second-order valence-corrected chi connectivity index (χ2v) is 18.2. The summed E-state index contributed by atoms with van der Waals surface area (Å²) in [7, 11) is 1.41. The van der Waals surface area contributed by atoms with Crippen LogP contribution in [-0.4, -0.2) is 114 Å². The average molecular weight is 938 g/mol. The van der Waals surface area contributed by atoms with Gasteiger partial charge in [0, 0.05) is 51.7 Å². The molecule has 1 saturated heterocycles. The minimum atomic E-state index is -1.23. The number of aliphatic imine (C=N–C) groups is 2. The van der Waals surface area contributed by atoms with Crippen LogP contribution in [0.15, 0.2) is 70.7 Å². The van der Waals surface area contributed by atoms with Gasteiger partial charge in [-0.25, -0.2) is 0 Å². The summed E-state index contributed by atoms with van der Waals surface area (Å²) in [5.41, 5.74) is 15.2. The predicted octanol–water partition coefficient (Wildman–Crippen LogP) is 3.30. The van der Waals surface area contributed by atoms with Gasteiger partial charge in [-0.1, -0.05) is 60.7 Å². The number of rotatable bonds is 16. The molecule has 7 unspecified atom stereocenters. The van der Waals surface area contributed by atoms with Crippen molar-refractivity contribution in [2.24, 2.45) is 33.3 Å². The quantitative estimate of drug-likeness (QED) is 0.0813. The number of carbonyl (C=O) groups is 8. The molecule has 2 aromatic carbocycles. The molecule has 0 bridgehead atoms. The molecule has 17 heteroatoms. The van der Waals surface area contributed by atoms with Crippen molar-refractivity contribution in [1.82, 2.24) is 26.2 Å². The number of carbonyl (C=O) groups excluding carboxylic acids is 8. The third kappa shape index (κ3) is 17.0. The van der Waals surface area contributed by atoms with Gasteiger partial charge in [-0.05, 0) is 114 Å². The fourth-order valence-electron chi connectivity index (χ4n) is 8.62. The van der Waals surface area contributed by atoms with Crippen molar-refractivity contribution in [1.29, 1.82) is 0 Å². The molecule has 0 aromatic heterocycles. The van der Waals surface area contributed by atoms with Gasteiger partial charge in [-0.15, -0.1) is 0 Å². The van der Waals surface area contributed by atoms with E-state index >= 15 is 0 Å². The smallest absolute Gasteiger partial charge is 0.245 e. The first-order valence-corrected chi connectivity index (χ1v) is 23.7. The fourth-order valence-corrected chi connectivity index (χ4v) is 8.62. The van der Waals surface area contributed by atoms with Crippen molar-refractivity contribution >= 4 is 64.1 Å². The number of Topliss-reactive ketones (excluding diaryl/α,β-unsaturated/α-hetero) is 3. The largest absolute Gasteiger partial charge is 0.388 e. The number of nitrogens with zero attached hydrogens (tertiary/aromatic N) is 3. The molecule has 1 aliphatic heterocycles. The number of fused-ring (bicyclic) bond motifs is 1. The number of ketones is 3. The van der Waals surface area contributed by atoms with Crippen molar-refractivity contribution < 1.29 is 38.4 Å². The zero-order valence-electron chi connectivity index (χ0n) is 40.5. The number of allylic oxidation sites excluding steroid dienone is 2. The van der Waals surface area contributed by atoms with Crippen LogP contribution < -0.4 is 32.7 Å². The normalized spacial score (nSPS) is 23.2. The second kappa shape index (κ2) is 26.7. The average Bonchev–Trinajstić information content (AvgIpc) is 3.70. The zero-order valence-corrected chi connectivity index (χ0v) is 40.5. The summed E-state index contributed by atoms with van der Waals surface area (Å²) in [6.45, 7) is 8.04. The number of benzene rings is 2. The van der Waals surface area contributed by atoms with Gasteiger partial charge in [0.1, 0.15) is 23.9 Å².